The zero-order chi connectivity index (χ0) is 19.0. The number of halogens is 3. The van der Waals surface area contributed by atoms with Crippen molar-refractivity contribution in [2.24, 2.45) is 5.92 Å². The molecule has 4 nitrogen and oxygen atoms in total. The van der Waals surface area contributed by atoms with E-state index in [0.29, 0.717) is 18.8 Å². The molecule has 142 valence electrons. The fourth-order valence-corrected chi connectivity index (χ4v) is 4.43. The van der Waals surface area contributed by atoms with Gasteiger partial charge in [0.25, 0.3) is 0 Å². The summed E-state index contributed by atoms with van der Waals surface area (Å²) < 4.78 is 44.9. The molecule has 0 saturated carbocycles. The average molecular weight is 393 g/mol. The summed E-state index contributed by atoms with van der Waals surface area (Å²) in [6.45, 7) is 0.504. The summed E-state index contributed by atoms with van der Waals surface area (Å²) in [5.41, 5.74) is 1.89. The van der Waals surface area contributed by atoms with Gasteiger partial charge in [-0.3, -0.25) is 0 Å². The molecular weight excluding hydrogens is 375 g/mol. The summed E-state index contributed by atoms with van der Waals surface area (Å²) >= 11 is 1.47. The number of alkyl halides is 3. The van der Waals surface area contributed by atoms with Gasteiger partial charge in [-0.25, -0.2) is 9.97 Å². The van der Waals surface area contributed by atoms with Gasteiger partial charge < -0.3 is 9.64 Å². The SMILES string of the molecule is COc1ccc(-c2csc3ncnc(N4CCC[C@@H](C(F)(F)F)C4)c23)cc1. The normalized spacial score (nSPS) is 18.1. The Balaban J connectivity index is 1.76. The Bertz CT molecular complexity index is 940. The number of fused-ring (bicyclic) bond motifs is 1. The van der Waals surface area contributed by atoms with Crippen molar-refractivity contribution >= 4 is 27.4 Å². The third kappa shape index (κ3) is 3.45. The lowest BCUT2D eigenvalue weighted by molar-refractivity contribution is -0.176. The van der Waals surface area contributed by atoms with Crippen molar-refractivity contribution in [3.05, 3.63) is 36.0 Å². The molecule has 3 aromatic rings. The number of piperidine rings is 1. The maximum Gasteiger partial charge on any atom is 0.393 e. The molecule has 0 bridgehead atoms. The Morgan fingerprint density at radius 3 is 2.67 bits per heavy atom. The monoisotopic (exact) mass is 393 g/mol. The van der Waals surface area contributed by atoms with Crippen molar-refractivity contribution in [3.8, 4) is 16.9 Å². The molecule has 0 spiro atoms. The third-order valence-electron chi connectivity index (χ3n) is 4.94. The van der Waals surface area contributed by atoms with Gasteiger partial charge in [-0.05, 0) is 30.5 Å². The lowest BCUT2D eigenvalue weighted by Crippen LogP contribution is -2.42. The number of rotatable bonds is 3. The minimum absolute atomic E-state index is 0.0620. The lowest BCUT2D eigenvalue weighted by Gasteiger charge is -2.34. The van der Waals surface area contributed by atoms with Crippen LogP contribution in [0.25, 0.3) is 21.3 Å². The largest absolute Gasteiger partial charge is 0.497 e. The molecular formula is C19H18F3N3OS. The Morgan fingerprint density at radius 1 is 1.19 bits per heavy atom. The van der Waals surface area contributed by atoms with Gasteiger partial charge in [0.1, 0.15) is 22.7 Å². The number of hydrogen-bond donors (Lipinski definition) is 0. The molecule has 1 aliphatic rings. The standard InChI is InChI=1S/C19H18F3N3OS/c1-26-14-6-4-12(5-7-14)15-10-27-18-16(15)17(23-11-24-18)25-8-2-3-13(9-25)19(20,21)22/h4-7,10-11,13H,2-3,8-9H2,1H3/t13-/m1/s1. The molecule has 8 heteroatoms. The molecule has 1 atom stereocenters. The quantitative estimate of drug-likeness (QED) is 0.617. The van der Waals surface area contributed by atoms with Gasteiger partial charge in [0.15, 0.2) is 0 Å². The zero-order valence-electron chi connectivity index (χ0n) is 14.7. The Kier molecular flexibility index (Phi) is 4.67. The van der Waals surface area contributed by atoms with E-state index < -0.39 is 12.1 Å². The number of methoxy groups -OCH3 is 1. The van der Waals surface area contributed by atoms with E-state index in [0.717, 1.165) is 27.1 Å². The Morgan fingerprint density at radius 2 is 1.96 bits per heavy atom. The molecule has 1 aromatic carbocycles. The van der Waals surface area contributed by atoms with Crippen LogP contribution in [0.3, 0.4) is 0 Å². The first kappa shape index (κ1) is 18.0. The molecule has 27 heavy (non-hydrogen) atoms. The first-order chi connectivity index (χ1) is 13.0. The van der Waals surface area contributed by atoms with Crippen LogP contribution in [0.15, 0.2) is 36.0 Å². The van der Waals surface area contributed by atoms with Crippen LogP contribution in [0.1, 0.15) is 12.8 Å². The topological polar surface area (TPSA) is 38.3 Å². The van der Waals surface area contributed by atoms with Gasteiger partial charge >= 0.3 is 6.18 Å². The van der Waals surface area contributed by atoms with Gasteiger partial charge in [-0.15, -0.1) is 11.3 Å². The van der Waals surface area contributed by atoms with Crippen molar-refractivity contribution < 1.29 is 17.9 Å². The van der Waals surface area contributed by atoms with Crippen molar-refractivity contribution in [1.29, 1.82) is 0 Å². The average Bonchev–Trinajstić information content (AvgIpc) is 3.12. The van der Waals surface area contributed by atoms with Crippen LogP contribution in [0.5, 0.6) is 5.75 Å². The first-order valence-corrected chi connectivity index (χ1v) is 9.53. The van der Waals surface area contributed by atoms with Crippen LogP contribution in [0, 0.1) is 5.92 Å². The first-order valence-electron chi connectivity index (χ1n) is 8.65. The van der Waals surface area contributed by atoms with E-state index in [1.807, 2.05) is 29.6 Å². The molecule has 0 N–H and O–H groups in total. The van der Waals surface area contributed by atoms with E-state index in [1.165, 1.54) is 17.7 Å². The summed E-state index contributed by atoms with van der Waals surface area (Å²) in [7, 11) is 1.61. The molecule has 1 fully saturated rings. The zero-order valence-corrected chi connectivity index (χ0v) is 15.5. The van der Waals surface area contributed by atoms with Gasteiger partial charge in [0, 0.05) is 24.0 Å². The van der Waals surface area contributed by atoms with E-state index in [4.69, 9.17) is 4.74 Å². The molecule has 0 unspecified atom stereocenters. The number of anilines is 1. The summed E-state index contributed by atoms with van der Waals surface area (Å²) in [6.07, 6.45) is -2.08. The van der Waals surface area contributed by atoms with Crippen molar-refractivity contribution in [1.82, 2.24) is 9.97 Å². The Hall–Kier alpha value is -2.35. The van der Waals surface area contributed by atoms with Gasteiger partial charge in [0.05, 0.1) is 18.4 Å². The highest BCUT2D eigenvalue weighted by atomic mass is 32.1. The van der Waals surface area contributed by atoms with Crippen molar-refractivity contribution in [3.63, 3.8) is 0 Å². The molecule has 4 rings (SSSR count). The highest BCUT2D eigenvalue weighted by molar-refractivity contribution is 7.17. The summed E-state index contributed by atoms with van der Waals surface area (Å²) in [5, 5.41) is 2.80. The lowest BCUT2D eigenvalue weighted by atomic mass is 9.97. The molecule has 2 aromatic heterocycles. The second-order valence-electron chi connectivity index (χ2n) is 6.58. The molecule has 0 aliphatic carbocycles. The predicted octanol–water partition coefficient (Wildman–Crippen LogP) is 5.15. The molecule has 3 heterocycles. The summed E-state index contributed by atoms with van der Waals surface area (Å²) in [5.74, 6) is 0.0131. The van der Waals surface area contributed by atoms with Crippen LogP contribution in [-0.2, 0) is 0 Å². The van der Waals surface area contributed by atoms with E-state index >= 15 is 0 Å². The van der Waals surface area contributed by atoms with Crippen LogP contribution in [-0.4, -0.2) is 36.3 Å². The minimum Gasteiger partial charge on any atom is -0.497 e. The molecule has 0 amide bonds. The Labute approximate surface area is 158 Å². The number of hydrogen-bond acceptors (Lipinski definition) is 5. The maximum absolute atomic E-state index is 13.2. The predicted molar refractivity (Wildman–Crippen MR) is 100 cm³/mol. The van der Waals surface area contributed by atoms with Crippen LogP contribution in [0.2, 0.25) is 0 Å². The van der Waals surface area contributed by atoms with E-state index in [2.05, 4.69) is 9.97 Å². The number of ether oxygens (including phenoxy) is 1. The van der Waals surface area contributed by atoms with Gasteiger partial charge in [-0.1, -0.05) is 12.1 Å². The van der Waals surface area contributed by atoms with E-state index in [-0.39, 0.29) is 13.0 Å². The molecule has 1 aliphatic heterocycles. The highest BCUT2D eigenvalue weighted by Crippen LogP contribution is 2.41. The summed E-state index contributed by atoms with van der Waals surface area (Å²) in [4.78, 5) is 11.2. The fourth-order valence-electron chi connectivity index (χ4n) is 3.52. The molecule has 1 saturated heterocycles. The number of thiophene rings is 1. The fraction of sp³-hybridized carbons (Fsp3) is 0.368. The van der Waals surface area contributed by atoms with Crippen molar-refractivity contribution in [2.45, 2.75) is 19.0 Å². The van der Waals surface area contributed by atoms with Crippen molar-refractivity contribution in [2.75, 3.05) is 25.1 Å². The highest BCUT2D eigenvalue weighted by Gasteiger charge is 2.42. The third-order valence-corrected chi connectivity index (χ3v) is 5.82. The van der Waals surface area contributed by atoms with Gasteiger partial charge in [0.2, 0.25) is 0 Å². The van der Waals surface area contributed by atoms with Gasteiger partial charge in [-0.2, -0.15) is 13.2 Å². The second kappa shape index (κ2) is 6.99. The molecule has 0 radical (unpaired) electrons. The number of aromatic nitrogens is 2. The van der Waals surface area contributed by atoms with E-state index in [9.17, 15) is 13.2 Å². The van der Waals surface area contributed by atoms with Crippen LogP contribution < -0.4 is 9.64 Å². The summed E-state index contributed by atoms with van der Waals surface area (Å²) in [6, 6.07) is 7.60. The van der Waals surface area contributed by atoms with Crippen LogP contribution in [0.4, 0.5) is 19.0 Å². The number of nitrogens with zero attached hydrogens (tertiary/aromatic N) is 3. The van der Waals surface area contributed by atoms with Crippen LogP contribution >= 0.6 is 11.3 Å². The second-order valence-corrected chi connectivity index (χ2v) is 7.44. The van der Waals surface area contributed by atoms with E-state index in [1.54, 1.807) is 12.0 Å². The number of benzene rings is 1. The smallest absolute Gasteiger partial charge is 0.393 e. The minimum atomic E-state index is -4.18. The maximum atomic E-state index is 13.2.